The molecule has 0 radical (unpaired) electrons. The second kappa shape index (κ2) is 5.61. The van der Waals surface area contributed by atoms with Crippen molar-refractivity contribution in [2.45, 2.75) is 25.3 Å². The Labute approximate surface area is 120 Å². The Morgan fingerprint density at radius 2 is 2.05 bits per heavy atom. The van der Waals surface area contributed by atoms with Gasteiger partial charge in [-0.05, 0) is 53.4 Å². The minimum atomic E-state index is -0.508. The van der Waals surface area contributed by atoms with Crippen molar-refractivity contribution in [3.05, 3.63) is 28.2 Å². The SMILES string of the molecule is NC(=O)C1CCCCN1C(=O)c1ccc(Br)c(N)c1. The molecule has 6 heteroatoms. The number of hydrogen-bond acceptors (Lipinski definition) is 3. The molecule has 1 aromatic carbocycles. The first-order chi connectivity index (χ1) is 9.00. The third-order valence-corrected chi connectivity index (χ3v) is 4.06. The number of anilines is 1. The topological polar surface area (TPSA) is 89.4 Å². The van der Waals surface area contributed by atoms with Gasteiger partial charge in [0, 0.05) is 22.3 Å². The number of carbonyl (C=O) groups is 2. The number of nitrogens with two attached hydrogens (primary N) is 2. The summed E-state index contributed by atoms with van der Waals surface area (Å²) in [7, 11) is 0. The van der Waals surface area contributed by atoms with Crippen LogP contribution in [-0.4, -0.2) is 29.3 Å². The molecule has 0 bridgehead atoms. The van der Waals surface area contributed by atoms with E-state index in [1.165, 1.54) is 0 Å². The molecule has 2 rings (SSSR count). The van der Waals surface area contributed by atoms with Gasteiger partial charge in [0.25, 0.3) is 5.91 Å². The molecule has 1 saturated heterocycles. The molecule has 1 aliphatic rings. The zero-order valence-corrected chi connectivity index (χ0v) is 12.0. The van der Waals surface area contributed by atoms with Crippen molar-refractivity contribution >= 4 is 33.4 Å². The molecule has 0 saturated carbocycles. The van der Waals surface area contributed by atoms with E-state index in [1.54, 1.807) is 23.1 Å². The third kappa shape index (κ3) is 2.89. The van der Waals surface area contributed by atoms with Crippen LogP contribution in [0.15, 0.2) is 22.7 Å². The van der Waals surface area contributed by atoms with Crippen molar-refractivity contribution in [3.8, 4) is 0 Å². The maximum Gasteiger partial charge on any atom is 0.254 e. The summed E-state index contributed by atoms with van der Waals surface area (Å²) in [6.45, 7) is 0.558. The Morgan fingerprint density at radius 1 is 1.32 bits per heavy atom. The molecule has 1 atom stereocenters. The summed E-state index contributed by atoms with van der Waals surface area (Å²) in [4.78, 5) is 25.4. The molecule has 102 valence electrons. The summed E-state index contributed by atoms with van der Waals surface area (Å²) in [5.41, 5.74) is 12.1. The minimum Gasteiger partial charge on any atom is -0.398 e. The highest BCUT2D eigenvalue weighted by atomic mass is 79.9. The minimum absolute atomic E-state index is 0.192. The van der Waals surface area contributed by atoms with E-state index in [1.807, 2.05) is 0 Å². The van der Waals surface area contributed by atoms with Crippen LogP contribution in [0.4, 0.5) is 5.69 Å². The van der Waals surface area contributed by atoms with Gasteiger partial charge in [0.2, 0.25) is 5.91 Å². The predicted molar refractivity (Wildman–Crippen MR) is 76.4 cm³/mol. The first-order valence-corrected chi connectivity index (χ1v) is 6.95. The Kier molecular flexibility index (Phi) is 4.09. The molecule has 1 heterocycles. The summed E-state index contributed by atoms with van der Waals surface area (Å²) in [6.07, 6.45) is 2.44. The van der Waals surface area contributed by atoms with Gasteiger partial charge in [-0.2, -0.15) is 0 Å². The normalized spacial score (nSPS) is 19.2. The number of hydrogen-bond donors (Lipinski definition) is 2. The van der Waals surface area contributed by atoms with Crippen LogP contribution in [0, 0.1) is 0 Å². The highest BCUT2D eigenvalue weighted by Gasteiger charge is 2.31. The zero-order valence-electron chi connectivity index (χ0n) is 10.4. The van der Waals surface area contributed by atoms with Gasteiger partial charge in [-0.3, -0.25) is 9.59 Å². The zero-order chi connectivity index (χ0) is 14.0. The molecule has 0 aliphatic carbocycles. The van der Waals surface area contributed by atoms with Crippen molar-refractivity contribution < 1.29 is 9.59 Å². The molecule has 1 aliphatic heterocycles. The van der Waals surface area contributed by atoms with E-state index in [0.717, 1.165) is 17.3 Å². The summed E-state index contributed by atoms with van der Waals surface area (Å²) < 4.78 is 0.745. The van der Waals surface area contributed by atoms with Gasteiger partial charge in [0.15, 0.2) is 0 Å². The smallest absolute Gasteiger partial charge is 0.254 e. The maximum atomic E-state index is 12.4. The van der Waals surface area contributed by atoms with Crippen LogP contribution in [0.25, 0.3) is 0 Å². The Balaban J connectivity index is 2.26. The molecule has 5 nitrogen and oxygen atoms in total. The molecule has 1 unspecified atom stereocenters. The fraction of sp³-hybridized carbons (Fsp3) is 0.385. The van der Waals surface area contributed by atoms with Crippen LogP contribution in [0.1, 0.15) is 29.6 Å². The molecule has 19 heavy (non-hydrogen) atoms. The fourth-order valence-electron chi connectivity index (χ4n) is 2.31. The lowest BCUT2D eigenvalue weighted by molar-refractivity contribution is -0.123. The molecule has 1 fully saturated rings. The molecule has 0 spiro atoms. The van der Waals surface area contributed by atoms with Crippen LogP contribution >= 0.6 is 15.9 Å². The number of nitrogen functional groups attached to an aromatic ring is 1. The molecule has 4 N–H and O–H groups in total. The first-order valence-electron chi connectivity index (χ1n) is 6.16. The van der Waals surface area contributed by atoms with E-state index < -0.39 is 11.9 Å². The molecule has 2 amide bonds. The number of carbonyl (C=O) groups excluding carboxylic acids is 2. The second-order valence-electron chi connectivity index (χ2n) is 4.65. The number of primary amides is 1. The lowest BCUT2D eigenvalue weighted by Gasteiger charge is -2.33. The number of likely N-dealkylation sites (tertiary alicyclic amines) is 1. The van der Waals surface area contributed by atoms with E-state index in [2.05, 4.69) is 15.9 Å². The Bertz CT molecular complexity index is 519. The summed E-state index contributed by atoms with van der Waals surface area (Å²) in [6, 6.07) is 4.52. The van der Waals surface area contributed by atoms with E-state index in [4.69, 9.17) is 11.5 Å². The van der Waals surface area contributed by atoms with Crippen molar-refractivity contribution in [2.24, 2.45) is 5.73 Å². The van der Waals surface area contributed by atoms with Crippen LogP contribution in [0.5, 0.6) is 0 Å². The van der Waals surface area contributed by atoms with E-state index in [9.17, 15) is 9.59 Å². The van der Waals surface area contributed by atoms with Crippen LogP contribution in [-0.2, 0) is 4.79 Å². The van der Waals surface area contributed by atoms with Crippen molar-refractivity contribution in [2.75, 3.05) is 12.3 Å². The van der Waals surface area contributed by atoms with Gasteiger partial charge in [0.05, 0.1) is 0 Å². The van der Waals surface area contributed by atoms with Gasteiger partial charge in [-0.1, -0.05) is 0 Å². The standard InChI is InChI=1S/C13H16BrN3O2/c14-9-5-4-8(7-10(9)15)13(19)17-6-2-1-3-11(17)12(16)18/h4-5,7,11H,1-3,6,15H2,(H2,16,18). The predicted octanol–water partition coefficient (Wildman–Crippen LogP) is 1.51. The highest BCUT2D eigenvalue weighted by Crippen LogP contribution is 2.24. The first kappa shape index (κ1) is 13.9. The van der Waals surface area contributed by atoms with Crippen molar-refractivity contribution in [1.82, 2.24) is 4.90 Å². The van der Waals surface area contributed by atoms with Crippen molar-refractivity contribution in [3.63, 3.8) is 0 Å². The van der Waals surface area contributed by atoms with Gasteiger partial charge < -0.3 is 16.4 Å². The second-order valence-corrected chi connectivity index (χ2v) is 5.50. The van der Waals surface area contributed by atoms with Gasteiger partial charge in [-0.25, -0.2) is 0 Å². The van der Waals surface area contributed by atoms with Crippen LogP contribution in [0.2, 0.25) is 0 Å². The number of nitrogens with zero attached hydrogens (tertiary/aromatic N) is 1. The van der Waals surface area contributed by atoms with Gasteiger partial charge in [-0.15, -0.1) is 0 Å². The lowest BCUT2D eigenvalue weighted by atomic mass is 10.00. The molecule has 0 aromatic heterocycles. The Morgan fingerprint density at radius 3 is 2.68 bits per heavy atom. The lowest BCUT2D eigenvalue weighted by Crippen LogP contribution is -2.50. The average molecular weight is 326 g/mol. The third-order valence-electron chi connectivity index (χ3n) is 3.34. The quantitative estimate of drug-likeness (QED) is 0.807. The molecule has 1 aromatic rings. The summed E-state index contributed by atoms with van der Waals surface area (Å²) in [5, 5.41) is 0. The van der Waals surface area contributed by atoms with Crippen LogP contribution in [0.3, 0.4) is 0 Å². The average Bonchev–Trinajstić information content (AvgIpc) is 2.41. The number of benzene rings is 1. The molecular weight excluding hydrogens is 310 g/mol. The Hall–Kier alpha value is -1.56. The maximum absolute atomic E-state index is 12.4. The summed E-state index contributed by atoms with van der Waals surface area (Å²) >= 11 is 3.29. The van der Waals surface area contributed by atoms with Crippen molar-refractivity contribution in [1.29, 1.82) is 0 Å². The summed E-state index contributed by atoms with van der Waals surface area (Å²) in [5.74, 6) is -0.638. The van der Waals surface area contributed by atoms with E-state index >= 15 is 0 Å². The van der Waals surface area contributed by atoms with Gasteiger partial charge >= 0.3 is 0 Å². The number of rotatable bonds is 2. The number of halogens is 1. The monoisotopic (exact) mass is 325 g/mol. The number of amides is 2. The van der Waals surface area contributed by atoms with E-state index in [-0.39, 0.29) is 5.91 Å². The van der Waals surface area contributed by atoms with Gasteiger partial charge in [0.1, 0.15) is 6.04 Å². The van der Waals surface area contributed by atoms with E-state index in [0.29, 0.717) is 24.2 Å². The highest BCUT2D eigenvalue weighted by molar-refractivity contribution is 9.10. The fourth-order valence-corrected chi connectivity index (χ4v) is 2.56. The number of piperidine rings is 1. The molecular formula is C13H16BrN3O2. The largest absolute Gasteiger partial charge is 0.398 e. The van der Waals surface area contributed by atoms with Crippen LogP contribution < -0.4 is 11.5 Å².